The number of carbonyl (C=O) groups is 3. The fourth-order valence-electron chi connectivity index (χ4n) is 2.71. The highest BCUT2D eigenvalue weighted by Crippen LogP contribution is 2.23. The number of hydrogen-bond donors (Lipinski definition) is 4. The molecule has 5 N–H and O–H groups in total. The summed E-state index contributed by atoms with van der Waals surface area (Å²) in [6.45, 7) is 1.49. The van der Waals surface area contributed by atoms with Crippen molar-refractivity contribution in [3.8, 4) is 0 Å². The Morgan fingerprint density at radius 1 is 1.16 bits per heavy atom. The van der Waals surface area contributed by atoms with E-state index in [-0.39, 0.29) is 19.6 Å². The molecule has 1 unspecified atom stereocenters. The second-order valence-electron chi connectivity index (χ2n) is 6.51. The maximum absolute atomic E-state index is 12.4. The lowest BCUT2D eigenvalue weighted by Crippen LogP contribution is -2.47. The zero-order valence-electron chi connectivity index (χ0n) is 17.2. The average molecular weight is 480 g/mol. The van der Waals surface area contributed by atoms with Gasteiger partial charge in [0, 0.05) is 17.7 Å². The molecule has 2 aromatic carbocycles. The van der Waals surface area contributed by atoms with E-state index in [2.05, 4.69) is 21.1 Å². The highest BCUT2D eigenvalue weighted by molar-refractivity contribution is 6.42. The summed E-state index contributed by atoms with van der Waals surface area (Å²) < 4.78 is 5.04. The molecule has 0 aliphatic rings. The molecule has 0 aromatic heterocycles. The number of hydrogen-bond acceptors (Lipinski definition) is 6. The van der Waals surface area contributed by atoms with Gasteiger partial charge in [-0.2, -0.15) is 5.10 Å². The van der Waals surface area contributed by atoms with Gasteiger partial charge in [0.1, 0.15) is 12.4 Å². The minimum atomic E-state index is -0.959. The molecular weight excluding hydrogens is 457 g/mol. The van der Waals surface area contributed by atoms with E-state index in [1.54, 1.807) is 49.4 Å². The maximum Gasteiger partial charge on any atom is 0.328 e. The van der Waals surface area contributed by atoms with E-state index in [0.29, 0.717) is 26.9 Å². The van der Waals surface area contributed by atoms with Gasteiger partial charge in [-0.3, -0.25) is 9.59 Å². The molecule has 0 aliphatic carbocycles. The van der Waals surface area contributed by atoms with Crippen molar-refractivity contribution in [2.24, 2.45) is 10.9 Å². The number of benzene rings is 2. The van der Waals surface area contributed by atoms with Crippen LogP contribution in [-0.4, -0.2) is 43.3 Å². The minimum Gasteiger partial charge on any atom is -0.464 e. The quantitative estimate of drug-likeness (QED) is 0.136. The topological polar surface area (TPSA) is 135 Å². The molecule has 2 aromatic rings. The predicted molar refractivity (Wildman–Crippen MR) is 124 cm³/mol. The van der Waals surface area contributed by atoms with Crippen LogP contribution in [0, 0.1) is 0 Å². The molecule has 0 saturated heterocycles. The third-order valence-corrected chi connectivity index (χ3v) is 4.91. The molecule has 0 aliphatic heterocycles. The third-order valence-electron chi connectivity index (χ3n) is 4.17. The van der Waals surface area contributed by atoms with Gasteiger partial charge >= 0.3 is 5.97 Å². The molecule has 9 nitrogen and oxygen atoms in total. The summed E-state index contributed by atoms with van der Waals surface area (Å²) in [6, 6.07) is 10.5. The monoisotopic (exact) mass is 479 g/mol. The number of rotatable bonds is 10. The summed E-state index contributed by atoms with van der Waals surface area (Å²) in [4.78, 5) is 37.1. The summed E-state index contributed by atoms with van der Waals surface area (Å²) in [5, 5.41) is 11.9. The first-order valence-electron chi connectivity index (χ1n) is 9.60. The summed E-state index contributed by atoms with van der Waals surface area (Å²) in [5.74, 6) is 3.42. The van der Waals surface area contributed by atoms with Crippen LogP contribution in [0.4, 0.5) is 5.69 Å². The van der Waals surface area contributed by atoms with Gasteiger partial charge in [0.05, 0.1) is 23.2 Å². The van der Waals surface area contributed by atoms with Crippen molar-refractivity contribution in [1.82, 2.24) is 10.6 Å². The van der Waals surface area contributed by atoms with E-state index < -0.39 is 23.8 Å². The zero-order chi connectivity index (χ0) is 23.5. The average Bonchev–Trinajstić information content (AvgIpc) is 2.78. The minimum absolute atomic E-state index is 0.145. The molecule has 170 valence electrons. The van der Waals surface area contributed by atoms with E-state index in [1.807, 2.05) is 0 Å². The van der Waals surface area contributed by atoms with Gasteiger partial charge in [-0.1, -0.05) is 35.3 Å². The zero-order valence-corrected chi connectivity index (χ0v) is 18.7. The molecular formula is C21H23Cl2N5O4. The summed E-state index contributed by atoms with van der Waals surface area (Å²) in [7, 11) is 0. The van der Waals surface area contributed by atoms with Crippen molar-refractivity contribution < 1.29 is 19.1 Å². The standard InChI is InChI=1S/C21H23Cl2N5O4/c1-2-32-21(31)18(9-13-6-7-16(22)17(23)8-13)28-19(29)11-25-20(30)14-4-3-5-15(10-14)26-12-27-24/h3-8,10,12,18H,2,9,11,24H2,1H3,(H,25,30)(H,26,27)(H,28,29). The Bertz CT molecular complexity index is 1000. The van der Waals surface area contributed by atoms with Gasteiger partial charge in [0.15, 0.2) is 0 Å². The van der Waals surface area contributed by atoms with Crippen molar-refractivity contribution in [2.45, 2.75) is 19.4 Å². The van der Waals surface area contributed by atoms with Gasteiger partial charge in [0.25, 0.3) is 5.91 Å². The number of esters is 1. The number of halogens is 2. The van der Waals surface area contributed by atoms with Crippen LogP contribution >= 0.6 is 23.2 Å². The molecule has 1 atom stereocenters. The van der Waals surface area contributed by atoms with Crippen molar-refractivity contribution in [3.63, 3.8) is 0 Å². The van der Waals surface area contributed by atoms with E-state index in [9.17, 15) is 14.4 Å². The molecule has 0 fully saturated rings. The number of ether oxygens (including phenoxy) is 1. The van der Waals surface area contributed by atoms with E-state index >= 15 is 0 Å². The SMILES string of the molecule is CCOC(=O)C(Cc1ccc(Cl)c(Cl)c1)NC(=O)CNC(=O)c1cccc(NC=NN)c1. The normalized spacial score (nSPS) is 11.6. The molecule has 11 heteroatoms. The van der Waals surface area contributed by atoms with E-state index in [4.69, 9.17) is 33.8 Å². The second-order valence-corrected chi connectivity index (χ2v) is 7.33. The second kappa shape index (κ2) is 12.5. The highest BCUT2D eigenvalue weighted by atomic mass is 35.5. The molecule has 0 spiro atoms. The molecule has 0 heterocycles. The molecule has 2 rings (SSSR count). The lowest BCUT2D eigenvalue weighted by Gasteiger charge is -2.18. The van der Waals surface area contributed by atoms with E-state index in [0.717, 1.165) is 0 Å². The Morgan fingerprint density at radius 2 is 1.94 bits per heavy atom. The first-order valence-corrected chi connectivity index (χ1v) is 10.4. The Hall–Kier alpha value is -3.30. The van der Waals surface area contributed by atoms with Crippen LogP contribution < -0.4 is 21.8 Å². The number of nitrogens with zero attached hydrogens (tertiary/aromatic N) is 1. The number of amides is 2. The lowest BCUT2D eigenvalue weighted by molar-refractivity contribution is -0.147. The third kappa shape index (κ3) is 7.75. The molecule has 2 amide bonds. The van der Waals surface area contributed by atoms with Crippen molar-refractivity contribution >= 4 is 53.0 Å². The van der Waals surface area contributed by atoms with E-state index in [1.165, 1.54) is 6.34 Å². The summed E-state index contributed by atoms with van der Waals surface area (Å²) in [5.41, 5.74) is 1.61. The van der Waals surface area contributed by atoms with Gasteiger partial charge in [-0.05, 0) is 42.8 Å². The van der Waals surface area contributed by atoms with Crippen LogP contribution in [0.5, 0.6) is 0 Å². The first kappa shape index (κ1) is 25.0. The van der Waals surface area contributed by atoms with Gasteiger partial charge < -0.3 is 26.5 Å². The van der Waals surface area contributed by atoms with Crippen LogP contribution in [-0.2, 0) is 20.7 Å². The van der Waals surface area contributed by atoms with Crippen LogP contribution in [0.25, 0.3) is 0 Å². The van der Waals surface area contributed by atoms with Crippen LogP contribution in [0.2, 0.25) is 10.0 Å². The first-order chi connectivity index (χ1) is 15.3. The van der Waals surface area contributed by atoms with Crippen LogP contribution in [0.3, 0.4) is 0 Å². The Morgan fingerprint density at radius 3 is 2.62 bits per heavy atom. The van der Waals surface area contributed by atoms with Gasteiger partial charge in [0.2, 0.25) is 5.91 Å². The molecule has 32 heavy (non-hydrogen) atoms. The Kier molecular flexibility index (Phi) is 9.77. The summed E-state index contributed by atoms with van der Waals surface area (Å²) >= 11 is 11.9. The Labute approximate surface area is 195 Å². The van der Waals surface area contributed by atoms with Crippen molar-refractivity contribution in [2.75, 3.05) is 18.5 Å². The number of nitrogens with one attached hydrogen (secondary N) is 3. The van der Waals surface area contributed by atoms with Crippen LogP contribution in [0.15, 0.2) is 47.6 Å². The number of hydrazone groups is 1. The van der Waals surface area contributed by atoms with Crippen molar-refractivity contribution in [1.29, 1.82) is 0 Å². The predicted octanol–water partition coefficient (Wildman–Crippen LogP) is 2.33. The fourth-order valence-corrected chi connectivity index (χ4v) is 3.03. The number of carbonyl (C=O) groups excluding carboxylic acids is 3. The lowest BCUT2D eigenvalue weighted by atomic mass is 10.1. The number of anilines is 1. The Balaban J connectivity index is 1.99. The maximum atomic E-state index is 12.4. The summed E-state index contributed by atoms with van der Waals surface area (Å²) in [6.07, 6.45) is 1.42. The molecule has 0 radical (unpaired) electrons. The van der Waals surface area contributed by atoms with Gasteiger partial charge in [-0.15, -0.1) is 0 Å². The number of nitrogens with two attached hydrogens (primary N) is 1. The van der Waals surface area contributed by atoms with Crippen LogP contribution in [0.1, 0.15) is 22.8 Å². The highest BCUT2D eigenvalue weighted by Gasteiger charge is 2.23. The van der Waals surface area contributed by atoms with Crippen molar-refractivity contribution in [3.05, 3.63) is 63.6 Å². The molecule has 0 saturated carbocycles. The van der Waals surface area contributed by atoms with Gasteiger partial charge in [-0.25, -0.2) is 4.79 Å². The largest absolute Gasteiger partial charge is 0.464 e. The fraction of sp³-hybridized carbons (Fsp3) is 0.238. The smallest absolute Gasteiger partial charge is 0.328 e. The molecule has 0 bridgehead atoms.